The van der Waals surface area contributed by atoms with Crippen molar-refractivity contribution in [2.24, 2.45) is 5.84 Å². The summed E-state index contributed by atoms with van der Waals surface area (Å²) in [6.45, 7) is 3.01. The molecule has 2 rings (SSSR count). The van der Waals surface area contributed by atoms with E-state index < -0.39 is 0 Å². The summed E-state index contributed by atoms with van der Waals surface area (Å²) in [6, 6.07) is 5.62. The van der Waals surface area contributed by atoms with Crippen LogP contribution in [0.25, 0.3) is 0 Å². The Morgan fingerprint density at radius 1 is 1.53 bits per heavy atom. The van der Waals surface area contributed by atoms with Gasteiger partial charge in [-0.25, -0.2) is 5.43 Å². The Labute approximate surface area is 126 Å². The fourth-order valence-electron chi connectivity index (χ4n) is 1.99. The summed E-state index contributed by atoms with van der Waals surface area (Å²) in [6.07, 6.45) is 4.85. The third-order valence-electron chi connectivity index (χ3n) is 2.90. The Kier molecular flexibility index (Phi) is 4.99. The summed E-state index contributed by atoms with van der Waals surface area (Å²) in [5.41, 5.74) is 4.72. The normalized spacial score (nSPS) is 12.6. The standard InChI is InChI=1S/C13H16BrClN4/c1-2-6-19-8-9(7-17-19)13(18-16)10-4-3-5-11(14)12(10)15/h3-5,7-8,13,18H,2,6,16H2,1H3. The van der Waals surface area contributed by atoms with E-state index in [0.717, 1.165) is 28.6 Å². The molecule has 102 valence electrons. The molecule has 0 aliphatic rings. The number of hydrogen-bond acceptors (Lipinski definition) is 3. The molecule has 0 amide bonds. The molecule has 0 spiro atoms. The lowest BCUT2D eigenvalue weighted by molar-refractivity contribution is 0.598. The first-order chi connectivity index (χ1) is 9.17. The van der Waals surface area contributed by atoms with Crippen molar-refractivity contribution >= 4 is 27.5 Å². The van der Waals surface area contributed by atoms with Gasteiger partial charge in [-0.2, -0.15) is 5.10 Å². The highest BCUT2D eigenvalue weighted by Crippen LogP contribution is 2.32. The van der Waals surface area contributed by atoms with E-state index in [0.29, 0.717) is 5.02 Å². The highest BCUT2D eigenvalue weighted by atomic mass is 79.9. The van der Waals surface area contributed by atoms with Crippen molar-refractivity contribution in [3.05, 3.63) is 51.2 Å². The second-order valence-electron chi connectivity index (χ2n) is 4.28. The van der Waals surface area contributed by atoms with Crippen LogP contribution in [0.3, 0.4) is 0 Å². The zero-order valence-electron chi connectivity index (χ0n) is 10.6. The van der Waals surface area contributed by atoms with Gasteiger partial charge >= 0.3 is 0 Å². The summed E-state index contributed by atoms with van der Waals surface area (Å²) in [5, 5.41) is 4.98. The van der Waals surface area contributed by atoms with Crippen LogP contribution in [0.1, 0.15) is 30.5 Å². The van der Waals surface area contributed by atoms with Crippen molar-refractivity contribution in [1.29, 1.82) is 0 Å². The first-order valence-electron chi connectivity index (χ1n) is 6.09. The third kappa shape index (κ3) is 3.17. The third-order valence-corrected chi connectivity index (χ3v) is 4.21. The number of nitrogens with one attached hydrogen (secondary N) is 1. The Morgan fingerprint density at radius 3 is 3.00 bits per heavy atom. The molecule has 0 saturated heterocycles. The Balaban J connectivity index is 2.35. The van der Waals surface area contributed by atoms with Crippen LogP contribution in [0.5, 0.6) is 0 Å². The number of halogens is 2. The van der Waals surface area contributed by atoms with E-state index in [2.05, 4.69) is 33.4 Å². The smallest absolute Gasteiger partial charge is 0.0755 e. The summed E-state index contributed by atoms with van der Waals surface area (Å²) in [5.74, 6) is 5.68. The average Bonchev–Trinajstić information content (AvgIpc) is 2.84. The molecule has 0 aliphatic heterocycles. The monoisotopic (exact) mass is 342 g/mol. The van der Waals surface area contributed by atoms with Gasteiger partial charge < -0.3 is 0 Å². The van der Waals surface area contributed by atoms with E-state index in [4.69, 9.17) is 17.4 Å². The minimum Gasteiger partial charge on any atom is -0.272 e. The van der Waals surface area contributed by atoms with Crippen LogP contribution >= 0.6 is 27.5 Å². The van der Waals surface area contributed by atoms with Crippen LogP contribution in [0.2, 0.25) is 5.02 Å². The molecule has 1 aromatic heterocycles. The van der Waals surface area contributed by atoms with Crippen molar-refractivity contribution in [3.8, 4) is 0 Å². The summed E-state index contributed by atoms with van der Waals surface area (Å²) in [4.78, 5) is 0. The number of aromatic nitrogens is 2. The lowest BCUT2D eigenvalue weighted by Gasteiger charge is -2.16. The van der Waals surface area contributed by atoms with Crippen LogP contribution in [0, 0.1) is 0 Å². The van der Waals surface area contributed by atoms with Crippen LogP contribution < -0.4 is 11.3 Å². The second-order valence-corrected chi connectivity index (χ2v) is 5.51. The van der Waals surface area contributed by atoms with Crippen LogP contribution in [-0.2, 0) is 6.54 Å². The van der Waals surface area contributed by atoms with E-state index in [1.807, 2.05) is 35.3 Å². The average molecular weight is 344 g/mol. The predicted molar refractivity (Wildman–Crippen MR) is 80.8 cm³/mol. The van der Waals surface area contributed by atoms with E-state index in [1.54, 1.807) is 0 Å². The first kappa shape index (κ1) is 14.5. The highest BCUT2D eigenvalue weighted by Gasteiger charge is 2.18. The van der Waals surface area contributed by atoms with Crippen LogP contribution in [0.4, 0.5) is 0 Å². The molecule has 4 nitrogen and oxygen atoms in total. The molecular weight excluding hydrogens is 328 g/mol. The molecular formula is C13H16BrClN4. The summed E-state index contributed by atoms with van der Waals surface area (Å²) >= 11 is 9.74. The number of aryl methyl sites for hydroxylation is 1. The SMILES string of the molecule is CCCn1cc(C(NN)c2cccc(Br)c2Cl)cn1. The van der Waals surface area contributed by atoms with Gasteiger partial charge in [0.05, 0.1) is 17.3 Å². The van der Waals surface area contributed by atoms with Crippen molar-refractivity contribution in [1.82, 2.24) is 15.2 Å². The molecule has 0 radical (unpaired) electrons. The zero-order chi connectivity index (χ0) is 13.8. The molecule has 2 aromatic rings. The topological polar surface area (TPSA) is 55.9 Å². The molecule has 19 heavy (non-hydrogen) atoms. The van der Waals surface area contributed by atoms with Gasteiger partial charge in [-0.3, -0.25) is 10.5 Å². The largest absolute Gasteiger partial charge is 0.272 e. The van der Waals surface area contributed by atoms with E-state index in [-0.39, 0.29) is 6.04 Å². The van der Waals surface area contributed by atoms with Gasteiger partial charge in [0.25, 0.3) is 0 Å². The molecule has 1 unspecified atom stereocenters. The van der Waals surface area contributed by atoms with Gasteiger partial charge in [0.15, 0.2) is 0 Å². The van der Waals surface area contributed by atoms with Crippen LogP contribution in [0.15, 0.2) is 35.1 Å². The highest BCUT2D eigenvalue weighted by molar-refractivity contribution is 9.10. The predicted octanol–water partition coefficient (Wildman–Crippen LogP) is 3.26. The molecule has 0 fully saturated rings. The van der Waals surface area contributed by atoms with E-state index in [1.165, 1.54) is 0 Å². The lowest BCUT2D eigenvalue weighted by atomic mass is 10.0. The molecule has 0 saturated carbocycles. The molecule has 0 aliphatic carbocycles. The maximum Gasteiger partial charge on any atom is 0.0755 e. The first-order valence-corrected chi connectivity index (χ1v) is 7.26. The Hall–Kier alpha value is -0.880. The number of rotatable bonds is 5. The number of nitrogens with zero attached hydrogens (tertiary/aromatic N) is 2. The number of nitrogens with two attached hydrogens (primary N) is 1. The van der Waals surface area contributed by atoms with Crippen molar-refractivity contribution in [2.45, 2.75) is 25.9 Å². The minimum absolute atomic E-state index is 0.171. The Morgan fingerprint density at radius 2 is 2.32 bits per heavy atom. The molecule has 0 bridgehead atoms. The molecule has 6 heteroatoms. The quantitative estimate of drug-likeness (QED) is 0.647. The number of hydrazine groups is 1. The van der Waals surface area contributed by atoms with Gasteiger partial charge in [0, 0.05) is 22.8 Å². The van der Waals surface area contributed by atoms with E-state index >= 15 is 0 Å². The minimum atomic E-state index is -0.171. The van der Waals surface area contributed by atoms with Crippen LogP contribution in [-0.4, -0.2) is 9.78 Å². The van der Waals surface area contributed by atoms with Crippen molar-refractivity contribution in [3.63, 3.8) is 0 Å². The molecule has 1 aromatic carbocycles. The van der Waals surface area contributed by atoms with E-state index in [9.17, 15) is 0 Å². The number of hydrogen-bond donors (Lipinski definition) is 2. The Bertz CT molecular complexity index is 555. The van der Waals surface area contributed by atoms with Gasteiger partial charge in [-0.15, -0.1) is 0 Å². The molecule has 3 N–H and O–H groups in total. The zero-order valence-corrected chi connectivity index (χ0v) is 12.9. The van der Waals surface area contributed by atoms with Crippen molar-refractivity contribution in [2.75, 3.05) is 0 Å². The fraction of sp³-hybridized carbons (Fsp3) is 0.308. The van der Waals surface area contributed by atoms with Crippen molar-refractivity contribution < 1.29 is 0 Å². The fourth-order valence-corrected chi connectivity index (χ4v) is 2.61. The van der Waals surface area contributed by atoms with Gasteiger partial charge in [-0.1, -0.05) is 30.7 Å². The lowest BCUT2D eigenvalue weighted by Crippen LogP contribution is -2.28. The maximum absolute atomic E-state index is 6.31. The van der Waals surface area contributed by atoms with Gasteiger partial charge in [0.2, 0.25) is 0 Å². The maximum atomic E-state index is 6.31. The molecule has 1 heterocycles. The molecule has 1 atom stereocenters. The second kappa shape index (κ2) is 6.52. The summed E-state index contributed by atoms with van der Waals surface area (Å²) in [7, 11) is 0. The van der Waals surface area contributed by atoms with Gasteiger partial charge in [-0.05, 0) is 34.0 Å². The number of benzene rings is 1. The summed E-state index contributed by atoms with van der Waals surface area (Å²) < 4.78 is 2.76. The van der Waals surface area contributed by atoms with Gasteiger partial charge in [0.1, 0.15) is 0 Å².